The highest BCUT2D eigenvalue weighted by atomic mass is 32.2. The van der Waals surface area contributed by atoms with Gasteiger partial charge in [0.15, 0.2) is 4.34 Å². The molecule has 0 aliphatic rings. The van der Waals surface area contributed by atoms with Gasteiger partial charge in [-0.1, -0.05) is 47.4 Å². The second kappa shape index (κ2) is 10.2. The number of carbonyl (C=O) groups excluding carboxylic acids is 1. The molecule has 5 N–H and O–H groups in total. The van der Waals surface area contributed by atoms with Crippen molar-refractivity contribution in [3.05, 3.63) is 59.9 Å². The van der Waals surface area contributed by atoms with Crippen molar-refractivity contribution in [2.45, 2.75) is 23.9 Å². The van der Waals surface area contributed by atoms with Crippen molar-refractivity contribution in [2.24, 2.45) is 0 Å². The number of hydrogen-bond donors (Lipinski definition) is 4. The van der Waals surface area contributed by atoms with Crippen molar-refractivity contribution < 1.29 is 4.79 Å². The SMILES string of the molecule is CC(=O)Nc1cccc(Nc2nnc(SCc3nc(N)nc(Nc4ccccc4C)n3)s2)c1. The lowest BCUT2D eigenvalue weighted by Gasteiger charge is -2.09. The maximum Gasteiger partial charge on any atom is 0.232 e. The van der Waals surface area contributed by atoms with Crippen molar-refractivity contribution in [1.29, 1.82) is 0 Å². The number of rotatable bonds is 8. The van der Waals surface area contributed by atoms with Gasteiger partial charge in [-0.25, -0.2) is 0 Å². The maximum absolute atomic E-state index is 11.2. The van der Waals surface area contributed by atoms with Crippen LogP contribution in [0.15, 0.2) is 52.9 Å². The van der Waals surface area contributed by atoms with Gasteiger partial charge in [0.05, 0.1) is 5.75 Å². The number of anilines is 6. The highest BCUT2D eigenvalue weighted by Gasteiger charge is 2.10. The molecule has 0 bridgehead atoms. The summed E-state index contributed by atoms with van der Waals surface area (Å²) in [5.74, 6) is 1.41. The van der Waals surface area contributed by atoms with Crippen molar-refractivity contribution in [2.75, 3.05) is 21.7 Å². The minimum atomic E-state index is -0.127. The summed E-state index contributed by atoms with van der Waals surface area (Å²) in [5.41, 5.74) is 9.36. The number of thioether (sulfide) groups is 1. The van der Waals surface area contributed by atoms with Crippen molar-refractivity contribution in [3.63, 3.8) is 0 Å². The topological polar surface area (TPSA) is 144 Å². The van der Waals surface area contributed by atoms with Gasteiger partial charge in [0.2, 0.25) is 22.9 Å². The van der Waals surface area contributed by atoms with E-state index in [9.17, 15) is 4.79 Å². The van der Waals surface area contributed by atoms with Crippen molar-refractivity contribution in [3.8, 4) is 0 Å². The lowest BCUT2D eigenvalue weighted by Crippen LogP contribution is -2.07. The average Bonchev–Trinajstić information content (AvgIpc) is 3.21. The van der Waals surface area contributed by atoms with Crippen LogP contribution in [0, 0.1) is 6.92 Å². The van der Waals surface area contributed by atoms with Crippen LogP contribution < -0.4 is 21.7 Å². The van der Waals surface area contributed by atoms with Crippen LogP contribution in [0.25, 0.3) is 0 Å². The third-order valence-corrected chi connectivity index (χ3v) is 6.22. The largest absolute Gasteiger partial charge is 0.368 e. The number of benzene rings is 2. The molecule has 168 valence electrons. The molecule has 0 aliphatic heterocycles. The Morgan fingerprint density at radius 3 is 2.67 bits per heavy atom. The zero-order chi connectivity index (χ0) is 23.2. The fourth-order valence-corrected chi connectivity index (χ4v) is 4.47. The van der Waals surface area contributed by atoms with Crippen molar-refractivity contribution in [1.82, 2.24) is 25.1 Å². The first-order valence-electron chi connectivity index (χ1n) is 9.88. The lowest BCUT2D eigenvalue weighted by molar-refractivity contribution is -0.114. The first-order valence-corrected chi connectivity index (χ1v) is 11.7. The number of amides is 1. The smallest absolute Gasteiger partial charge is 0.232 e. The highest BCUT2D eigenvalue weighted by Crippen LogP contribution is 2.30. The fraction of sp³-hybridized carbons (Fsp3) is 0.143. The quantitative estimate of drug-likeness (QED) is 0.269. The fourth-order valence-electron chi connectivity index (χ4n) is 2.84. The summed E-state index contributed by atoms with van der Waals surface area (Å²) in [4.78, 5) is 24.1. The third-order valence-electron chi connectivity index (χ3n) is 4.26. The molecule has 1 amide bonds. The first-order chi connectivity index (χ1) is 15.9. The van der Waals surface area contributed by atoms with Crippen LogP contribution >= 0.6 is 23.1 Å². The van der Waals surface area contributed by atoms with Gasteiger partial charge >= 0.3 is 0 Å². The molecule has 2 aromatic heterocycles. The molecule has 2 aromatic carbocycles. The molecule has 33 heavy (non-hydrogen) atoms. The highest BCUT2D eigenvalue weighted by molar-refractivity contribution is 8.00. The van der Waals surface area contributed by atoms with E-state index in [0.29, 0.717) is 28.3 Å². The van der Waals surface area contributed by atoms with Gasteiger partial charge in [-0.05, 0) is 36.8 Å². The normalized spacial score (nSPS) is 10.6. The maximum atomic E-state index is 11.2. The van der Waals surface area contributed by atoms with E-state index < -0.39 is 0 Å². The van der Waals surface area contributed by atoms with Crippen LogP contribution in [-0.4, -0.2) is 31.1 Å². The van der Waals surface area contributed by atoms with Gasteiger partial charge in [-0.3, -0.25) is 4.79 Å². The van der Waals surface area contributed by atoms with Crippen LogP contribution in [0.1, 0.15) is 18.3 Å². The van der Waals surface area contributed by atoms with E-state index in [1.165, 1.54) is 30.0 Å². The molecule has 0 atom stereocenters. The zero-order valence-corrected chi connectivity index (χ0v) is 19.5. The summed E-state index contributed by atoms with van der Waals surface area (Å²) in [6, 6.07) is 15.2. The van der Waals surface area contributed by atoms with Gasteiger partial charge in [-0.2, -0.15) is 15.0 Å². The molecule has 0 fully saturated rings. The predicted octanol–water partition coefficient (Wildman–Crippen LogP) is 4.35. The van der Waals surface area contributed by atoms with Crippen LogP contribution in [0.5, 0.6) is 0 Å². The summed E-state index contributed by atoms with van der Waals surface area (Å²) in [6.45, 7) is 3.47. The minimum absolute atomic E-state index is 0.127. The minimum Gasteiger partial charge on any atom is -0.368 e. The van der Waals surface area contributed by atoms with Crippen molar-refractivity contribution >= 4 is 63.1 Å². The molecular weight excluding hydrogens is 458 g/mol. The first kappa shape index (κ1) is 22.4. The Morgan fingerprint density at radius 2 is 1.85 bits per heavy atom. The molecule has 4 aromatic rings. The van der Waals surface area contributed by atoms with E-state index in [0.717, 1.165) is 21.3 Å². The standard InChI is InChI=1S/C21H21N9OS2/c1-12-6-3-4-9-16(12)25-19-27-17(26-18(22)28-19)11-32-21-30-29-20(33-21)24-15-8-5-7-14(10-15)23-13(2)31/h3-10H,11H2,1-2H3,(H,23,31)(H,24,29)(H3,22,25,26,27,28). The number of aromatic nitrogens is 5. The Bertz CT molecular complexity index is 1280. The molecular formula is C21H21N9OS2. The zero-order valence-electron chi connectivity index (χ0n) is 17.9. The summed E-state index contributed by atoms with van der Waals surface area (Å²) >= 11 is 2.86. The van der Waals surface area contributed by atoms with Crippen LogP contribution in [-0.2, 0) is 10.5 Å². The molecule has 0 saturated carbocycles. The summed E-state index contributed by atoms with van der Waals surface area (Å²) in [7, 11) is 0. The molecule has 0 spiro atoms. The van der Waals surface area contributed by atoms with Gasteiger partial charge in [0.25, 0.3) is 0 Å². The number of nitrogens with zero attached hydrogens (tertiary/aromatic N) is 5. The van der Waals surface area contributed by atoms with Gasteiger partial charge in [-0.15, -0.1) is 10.2 Å². The van der Waals surface area contributed by atoms with E-state index in [1.54, 1.807) is 0 Å². The van der Waals surface area contributed by atoms with E-state index in [1.807, 2.05) is 55.5 Å². The third kappa shape index (κ3) is 6.37. The number of nitrogens with one attached hydrogen (secondary N) is 3. The lowest BCUT2D eigenvalue weighted by atomic mass is 10.2. The Balaban J connectivity index is 1.39. The van der Waals surface area contributed by atoms with Gasteiger partial charge in [0, 0.05) is 24.0 Å². The summed E-state index contributed by atoms with van der Waals surface area (Å²) in [6.07, 6.45) is 0. The monoisotopic (exact) mass is 479 g/mol. The molecule has 0 unspecified atom stereocenters. The molecule has 4 rings (SSSR count). The number of hydrogen-bond acceptors (Lipinski definition) is 11. The van der Waals surface area contributed by atoms with Gasteiger partial charge < -0.3 is 21.7 Å². The molecule has 0 aliphatic carbocycles. The van der Waals surface area contributed by atoms with Crippen LogP contribution in [0.4, 0.5) is 34.1 Å². The van der Waals surface area contributed by atoms with Crippen LogP contribution in [0.3, 0.4) is 0 Å². The van der Waals surface area contributed by atoms with E-state index in [2.05, 4.69) is 41.1 Å². The Kier molecular flexibility index (Phi) is 6.95. The molecule has 2 heterocycles. The number of nitrogen functional groups attached to an aromatic ring is 1. The van der Waals surface area contributed by atoms with E-state index in [4.69, 9.17) is 5.73 Å². The van der Waals surface area contributed by atoms with Crippen LogP contribution in [0.2, 0.25) is 0 Å². The molecule has 10 nitrogen and oxygen atoms in total. The second-order valence-corrected chi connectivity index (χ2v) is 9.12. The Morgan fingerprint density at radius 1 is 1.03 bits per heavy atom. The van der Waals surface area contributed by atoms with E-state index >= 15 is 0 Å². The Labute approximate surface area is 198 Å². The average molecular weight is 480 g/mol. The predicted molar refractivity (Wildman–Crippen MR) is 132 cm³/mol. The molecule has 12 heteroatoms. The van der Waals surface area contributed by atoms with Gasteiger partial charge in [0.1, 0.15) is 5.82 Å². The summed E-state index contributed by atoms with van der Waals surface area (Å²) < 4.78 is 0.753. The second-order valence-electron chi connectivity index (χ2n) is 6.92. The molecule has 0 radical (unpaired) electrons. The number of nitrogens with two attached hydrogens (primary N) is 1. The van der Waals surface area contributed by atoms with E-state index in [-0.39, 0.29) is 11.9 Å². The molecule has 0 saturated heterocycles. The number of aryl methyl sites for hydroxylation is 1. The number of para-hydroxylation sites is 1. The summed E-state index contributed by atoms with van der Waals surface area (Å²) in [5, 5.41) is 18.1. The number of carbonyl (C=O) groups is 1. The Hall–Kier alpha value is -3.77.